The number of hydrogen-bond acceptors (Lipinski definition) is 6. The van der Waals surface area contributed by atoms with Crippen LogP contribution in [0.3, 0.4) is 0 Å². The molecular weight excluding hydrogens is 319 g/mol. The van der Waals surface area contributed by atoms with Crippen LogP contribution in [0.25, 0.3) is 0 Å². The minimum absolute atomic E-state index is 0.0675. The van der Waals surface area contributed by atoms with Gasteiger partial charge in [-0.3, -0.25) is 9.78 Å². The van der Waals surface area contributed by atoms with Crippen LogP contribution < -0.4 is 4.74 Å². The average molecular weight is 334 g/mol. The normalized spacial score (nSPS) is 17.3. The van der Waals surface area contributed by atoms with Crippen molar-refractivity contribution in [3.8, 4) is 6.01 Å². The van der Waals surface area contributed by atoms with Crippen LogP contribution in [-0.2, 0) is 4.79 Å². The number of likely N-dealkylation sites (tertiary alicyclic amines) is 1. The number of hydrogen-bond donors (Lipinski definition) is 0. The number of ether oxygens (including phenoxy) is 1. The Hall–Kier alpha value is -2.22. The molecule has 1 fully saturated rings. The summed E-state index contributed by atoms with van der Waals surface area (Å²) in [5.41, 5.74) is 0. The number of carbonyl (C=O) groups is 1. The number of rotatable bonds is 5. The summed E-state index contributed by atoms with van der Waals surface area (Å²) in [4.78, 5) is 26.5. The van der Waals surface area contributed by atoms with E-state index in [2.05, 4.69) is 15.0 Å². The van der Waals surface area contributed by atoms with Crippen molar-refractivity contribution in [2.24, 2.45) is 0 Å². The van der Waals surface area contributed by atoms with Gasteiger partial charge in [0.1, 0.15) is 6.10 Å². The summed E-state index contributed by atoms with van der Waals surface area (Å²) in [6.07, 6.45) is 6.09. The smallest absolute Gasteiger partial charge is 0.316 e. The summed E-state index contributed by atoms with van der Waals surface area (Å²) in [6.45, 7) is 1.14. The predicted molar refractivity (Wildman–Crippen MR) is 82.6 cm³/mol. The molecule has 6 nitrogen and oxygen atoms in total. The standard InChI is InChI=1S/C15H15FN4O2S/c16-11-7-18-15(19-8-11)22-12-3-6-20(9-12)14(21)10-23-13-1-4-17-5-2-13/h1-2,4-5,7-8,12H,3,6,9-10H2/t12-/m0/s1. The maximum Gasteiger partial charge on any atom is 0.316 e. The molecule has 1 amide bonds. The van der Waals surface area contributed by atoms with Gasteiger partial charge in [-0.2, -0.15) is 0 Å². The largest absolute Gasteiger partial charge is 0.458 e. The highest BCUT2D eigenvalue weighted by Crippen LogP contribution is 2.20. The molecule has 1 atom stereocenters. The van der Waals surface area contributed by atoms with Gasteiger partial charge in [0.05, 0.1) is 24.7 Å². The molecule has 3 rings (SSSR count). The van der Waals surface area contributed by atoms with Crippen LogP contribution in [0.5, 0.6) is 6.01 Å². The van der Waals surface area contributed by atoms with Crippen molar-refractivity contribution in [1.82, 2.24) is 19.9 Å². The molecule has 1 saturated heterocycles. The second-order valence-electron chi connectivity index (χ2n) is 5.02. The summed E-state index contributed by atoms with van der Waals surface area (Å²) in [5, 5.41) is 0. The second-order valence-corrected chi connectivity index (χ2v) is 6.07. The fraction of sp³-hybridized carbons (Fsp3) is 0.333. The van der Waals surface area contributed by atoms with Gasteiger partial charge in [-0.25, -0.2) is 14.4 Å². The number of pyridine rings is 1. The van der Waals surface area contributed by atoms with Gasteiger partial charge in [-0.1, -0.05) is 0 Å². The van der Waals surface area contributed by atoms with Crippen molar-refractivity contribution in [1.29, 1.82) is 0 Å². The molecule has 2 aromatic heterocycles. The third-order valence-corrected chi connectivity index (χ3v) is 4.38. The minimum Gasteiger partial charge on any atom is -0.458 e. The topological polar surface area (TPSA) is 68.2 Å². The third kappa shape index (κ3) is 4.38. The fourth-order valence-corrected chi connectivity index (χ4v) is 3.02. The molecule has 0 saturated carbocycles. The molecule has 23 heavy (non-hydrogen) atoms. The molecule has 120 valence electrons. The quantitative estimate of drug-likeness (QED) is 0.777. The highest BCUT2D eigenvalue weighted by atomic mass is 32.2. The van der Waals surface area contributed by atoms with Crippen LogP contribution in [0.1, 0.15) is 6.42 Å². The molecule has 0 radical (unpaired) electrons. The van der Waals surface area contributed by atoms with Crippen LogP contribution in [0.15, 0.2) is 41.8 Å². The summed E-state index contributed by atoms with van der Waals surface area (Å²) in [5.74, 6) is -0.0595. The first kappa shape index (κ1) is 15.7. The zero-order chi connectivity index (χ0) is 16.1. The van der Waals surface area contributed by atoms with Gasteiger partial charge in [0.2, 0.25) is 5.91 Å². The van der Waals surface area contributed by atoms with E-state index in [1.54, 1.807) is 17.3 Å². The van der Waals surface area contributed by atoms with Crippen LogP contribution in [0.2, 0.25) is 0 Å². The van der Waals surface area contributed by atoms with E-state index < -0.39 is 5.82 Å². The van der Waals surface area contributed by atoms with Crippen LogP contribution in [-0.4, -0.2) is 50.7 Å². The first-order valence-electron chi connectivity index (χ1n) is 7.15. The van der Waals surface area contributed by atoms with Gasteiger partial charge in [0.15, 0.2) is 5.82 Å². The fourth-order valence-electron chi connectivity index (χ4n) is 2.23. The zero-order valence-electron chi connectivity index (χ0n) is 12.3. The van der Waals surface area contributed by atoms with E-state index in [0.29, 0.717) is 25.3 Å². The number of halogens is 1. The van der Waals surface area contributed by atoms with Gasteiger partial charge in [-0.15, -0.1) is 11.8 Å². The van der Waals surface area contributed by atoms with E-state index >= 15 is 0 Å². The third-order valence-electron chi connectivity index (χ3n) is 3.38. The summed E-state index contributed by atoms with van der Waals surface area (Å²) >= 11 is 1.48. The molecule has 0 aliphatic carbocycles. The minimum atomic E-state index is -0.506. The molecule has 0 spiro atoms. The lowest BCUT2D eigenvalue weighted by molar-refractivity contribution is -0.127. The number of thioether (sulfide) groups is 1. The Bertz CT molecular complexity index is 656. The Morgan fingerprint density at radius 2 is 2.09 bits per heavy atom. The van der Waals surface area contributed by atoms with Gasteiger partial charge < -0.3 is 9.64 Å². The molecule has 0 unspecified atom stereocenters. The van der Waals surface area contributed by atoms with Crippen molar-refractivity contribution >= 4 is 17.7 Å². The lowest BCUT2D eigenvalue weighted by Crippen LogP contribution is -2.32. The van der Waals surface area contributed by atoms with E-state index in [1.165, 1.54) is 11.8 Å². The number of carbonyl (C=O) groups excluding carboxylic acids is 1. The van der Waals surface area contributed by atoms with E-state index in [0.717, 1.165) is 17.3 Å². The van der Waals surface area contributed by atoms with E-state index in [-0.39, 0.29) is 18.0 Å². The van der Waals surface area contributed by atoms with Crippen LogP contribution >= 0.6 is 11.8 Å². The molecule has 3 heterocycles. The molecule has 1 aliphatic rings. The lowest BCUT2D eigenvalue weighted by Gasteiger charge is -2.16. The van der Waals surface area contributed by atoms with Crippen molar-refractivity contribution in [2.75, 3.05) is 18.8 Å². The predicted octanol–water partition coefficient (Wildman–Crippen LogP) is 1.78. The monoisotopic (exact) mass is 334 g/mol. The highest BCUT2D eigenvalue weighted by Gasteiger charge is 2.28. The average Bonchev–Trinajstić information content (AvgIpc) is 3.04. The Morgan fingerprint density at radius 1 is 1.35 bits per heavy atom. The Balaban J connectivity index is 1.47. The summed E-state index contributed by atoms with van der Waals surface area (Å²) in [6, 6.07) is 3.89. The van der Waals surface area contributed by atoms with E-state index in [9.17, 15) is 9.18 Å². The Labute approximate surface area is 137 Å². The molecular formula is C15H15FN4O2S. The first-order chi connectivity index (χ1) is 11.2. The molecule has 0 aromatic carbocycles. The van der Waals surface area contributed by atoms with Crippen LogP contribution in [0, 0.1) is 5.82 Å². The first-order valence-corrected chi connectivity index (χ1v) is 8.14. The SMILES string of the molecule is O=C(CSc1ccncc1)N1CC[C@H](Oc2ncc(F)cn2)C1. The van der Waals surface area contributed by atoms with Crippen molar-refractivity contribution in [3.05, 3.63) is 42.7 Å². The Morgan fingerprint density at radius 3 is 2.83 bits per heavy atom. The molecule has 8 heteroatoms. The van der Waals surface area contributed by atoms with Gasteiger partial charge in [0.25, 0.3) is 0 Å². The van der Waals surface area contributed by atoms with Gasteiger partial charge in [-0.05, 0) is 12.1 Å². The van der Waals surface area contributed by atoms with E-state index in [4.69, 9.17) is 4.74 Å². The lowest BCUT2D eigenvalue weighted by atomic mass is 10.3. The number of nitrogens with zero attached hydrogens (tertiary/aromatic N) is 4. The number of aromatic nitrogens is 3. The maximum atomic E-state index is 12.8. The van der Waals surface area contributed by atoms with E-state index in [1.807, 2.05) is 12.1 Å². The number of amides is 1. The second kappa shape index (κ2) is 7.36. The molecule has 0 N–H and O–H groups in total. The molecule has 1 aliphatic heterocycles. The summed E-state index contributed by atoms with van der Waals surface area (Å²) in [7, 11) is 0. The zero-order valence-corrected chi connectivity index (χ0v) is 13.1. The molecule has 2 aromatic rings. The Kier molecular flexibility index (Phi) is 5.02. The highest BCUT2D eigenvalue weighted by molar-refractivity contribution is 8.00. The van der Waals surface area contributed by atoms with Gasteiger partial charge >= 0.3 is 6.01 Å². The van der Waals surface area contributed by atoms with Crippen molar-refractivity contribution < 1.29 is 13.9 Å². The van der Waals surface area contributed by atoms with Crippen LogP contribution in [0.4, 0.5) is 4.39 Å². The maximum absolute atomic E-state index is 12.8. The van der Waals surface area contributed by atoms with Crippen molar-refractivity contribution in [3.63, 3.8) is 0 Å². The van der Waals surface area contributed by atoms with Gasteiger partial charge in [0, 0.05) is 30.3 Å². The van der Waals surface area contributed by atoms with Crippen molar-refractivity contribution in [2.45, 2.75) is 17.4 Å². The summed E-state index contributed by atoms with van der Waals surface area (Å²) < 4.78 is 18.3. The molecule has 0 bridgehead atoms.